The summed E-state index contributed by atoms with van der Waals surface area (Å²) in [6, 6.07) is 12.3. The van der Waals surface area contributed by atoms with Crippen molar-refractivity contribution in [2.75, 3.05) is 38.5 Å². The Morgan fingerprint density at radius 3 is 2.54 bits per heavy atom. The highest BCUT2D eigenvalue weighted by Gasteiger charge is 2.20. The molecule has 0 saturated carbocycles. The molecular formula is C19H24N4O. The van der Waals surface area contributed by atoms with Gasteiger partial charge in [-0.25, -0.2) is 0 Å². The number of amides is 1. The summed E-state index contributed by atoms with van der Waals surface area (Å²) < 4.78 is 0. The van der Waals surface area contributed by atoms with Crippen molar-refractivity contribution in [2.45, 2.75) is 13.0 Å². The predicted octanol–water partition coefficient (Wildman–Crippen LogP) is 2.64. The van der Waals surface area contributed by atoms with Gasteiger partial charge in [-0.05, 0) is 25.6 Å². The molecule has 24 heavy (non-hydrogen) atoms. The minimum absolute atomic E-state index is 0.0617. The molecule has 1 aliphatic heterocycles. The minimum Gasteiger partial charge on any atom is -0.377 e. The van der Waals surface area contributed by atoms with E-state index in [1.807, 2.05) is 29.2 Å². The number of likely N-dealkylation sites (N-methyl/N-ethyl adjacent to an activating group) is 1. The summed E-state index contributed by atoms with van der Waals surface area (Å²) >= 11 is 0. The van der Waals surface area contributed by atoms with E-state index in [0.717, 1.165) is 31.9 Å². The fourth-order valence-corrected chi connectivity index (χ4v) is 2.90. The lowest BCUT2D eigenvalue weighted by Crippen LogP contribution is -2.47. The SMILES string of the molecule is CC(Nc1cncc(C(=O)N2CCN(C)CC2)c1)c1ccccc1. The predicted molar refractivity (Wildman–Crippen MR) is 96.1 cm³/mol. The van der Waals surface area contributed by atoms with E-state index in [9.17, 15) is 4.79 Å². The fourth-order valence-electron chi connectivity index (χ4n) is 2.90. The number of pyridine rings is 1. The molecule has 1 fully saturated rings. The number of anilines is 1. The zero-order valence-electron chi connectivity index (χ0n) is 14.3. The van der Waals surface area contributed by atoms with Gasteiger partial charge in [-0.1, -0.05) is 30.3 Å². The highest BCUT2D eigenvalue weighted by molar-refractivity contribution is 5.94. The number of nitrogens with one attached hydrogen (secondary N) is 1. The van der Waals surface area contributed by atoms with Crippen LogP contribution in [0, 0.1) is 0 Å². The van der Waals surface area contributed by atoms with E-state index in [1.165, 1.54) is 5.56 Å². The first-order valence-electron chi connectivity index (χ1n) is 8.38. The van der Waals surface area contributed by atoms with Gasteiger partial charge >= 0.3 is 0 Å². The summed E-state index contributed by atoms with van der Waals surface area (Å²) in [5, 5.41) is 3.42. The Balaban J connectivity index is 1.69. The van der Waals surface area contributed by atoms with E-state index in [4.69, 9.17) is 0 Å². The van der Waals surface area contributed by atoms with Crippen LogP contribution in [-0.4, -0.2) is 53.9 Å². The highest BCUT2D eigenvalue weighted by Crippen LogP contribution is 2.19. The van der Waals surface area contributed by atoms with Crippen molar-refractivity contribution < 1.29 is 4.79 Å². The van der Waals surface area contributed by atoms with Crippen molar-refractivity contribution in [1.82, 2.24) is 14.8 Å². The fraction of sp³-hybridized carbons (Fsp3) is 0.368. The summed E-state index contributed by atoms with van der Waals surface area (Å²) in [5.41, 5.74) is 2.71. The first kappa shape index (κ1) is 16.5. The van der Waals surface area contributed by atoms with Gasteiger partial charge in [-0.3, -0.25) is 9.78 Å². The molecule has 1 N–H and O–H groups in total. The van der Waals surface area contributed by atoms with Crippen LogP contribution in [0.4, 0.5) is 5.69 Å². The van der Waals surface area contributed by atoms with Gasteiger partial charge in [-0.15, -0.1) is 0 Å². The average molecular weight is 324 g/mol. The van der Waals surface area contributed by atoms with E-state index in [0.29, 0.717) is 5.56 Å². The zero-order chi connectivity index (χ0) is 16.9. The smallest absolute Gasteiger partial charge is 0.255 e. The number of benzene rings is 1. The van der Waals surface area contributed by atoms with E-state index in [2.05, 4.69) is 41.3 Å². The molecule has 1 aliphatic rings. The van der Waals surface area contributed by atoms with Gasteiger partial charge < -0.3 is 15.1 Å². The number of carbonyl (C=O) groups excluding carboxylic acids is 1. The lowest BCUT2D eigenvalue weighted by molar-refractivity contribution is 0.0663. The van der Waals surface area contributed by atoms with E-state index >= 15 is 0 Å². The Morgan fingerprint density at radius 1 is 1.12 bits per heavy atom. The number of hydrogen-bond acceptors (Lipinski definition) is 4. The van der Waals surface area contributed by atoms with Gasteiger partial charge in [0.05, 0.1) is 11.3 Å². The third-order valence-electron chi connectivity index (χ3n) is 4.46. The topological polar surface area (TPSA) is 48.5 Å². The Labute approximate surface area is 143 Å². The molecule has 0 bridgehead atoms. The largest absolute Gasteiger partial charge is 0.377 e. The number of piperazine rings is 1. The normalized spacial score (nSPS) is 16.7. The number of rotatable bonds is 4. The Bertz CT molecular complexity index is 681. The number of nitrogens with zero attached hydrogens (tertiary/aromatic N) is 3. The molecule has 1 aromatic carbocycles. The van der Waals surface area contributed by atoms with Crippen molar-refractivity contribution >= 4 is 11.6 Å². The lowest BCUT2D eigenvalue weighted by Gasteiger charge is -2.32. The molecule has 2 heterocycles. The van der Waals surface area contributed by atoms with Crippen molar-refractivity contribution in [3.05, 3.63) is 59.9 Å². The van der Waals surface area contributed by atoms with Crippen molar-refractivity contribution in [2.24, 2.45) is 0 Å². The molecule has 5 heteroatoms. The molecule has 1 saturated heterocycles. The summed E-state index contributed by atoms with van der Waals surface area (Å²) in [4.78, 5) is 21.0. The maximum atomic E-state index is 12.7. The van der Waals surface area contributed by atoms with Crippen molar-refractivity contribution in [1.29, 1.82) is 0 Å². The van der Waals surface area contributed by atoms with Gasteiger partial charge in [0.25, 0.3) is 5.91 Å². The first-order chi connectivity index (χ1) is 11.6. The number of hydrogen-bond donors (Lipinski definition) is 1. The molecule has 3 rings (SSSR count). The Hall–Kier alpha value is -2.40. The lowest BCUT2D eigenvalue weighted by atomic mass is 10.1. The van der Waals surface area contributed by atoms with Crippen LogP contribution in [0.15, 0.2) is 48.8 Å². The van der Waals surface area contributed by atoms with Gasteiger partial charge in [-0.2, -0.15) is 0 Å². The summed E-state index contributed by atoms with van der Waals surface area (Å²) in [5.74, 6) is 0.0617. The molecule has 0 radical (unpaired) electrons. The third-order valence-corrected chi connectivity index (χ3v) is 4.46. The first-order valence-corrected chi connectivity index (χ1v) is 8.38. The molecule has 1 unspecified atom stereocenters. The monoisotopic (exact) mass is 324 g/mol. The van der Waals surface area contributed by atoms with Gasteiger partial charge in [0.2, 0.25) is 0 Å². The number of aromatic nitrogens is 1. The van der Waals surface area contributed by atoms with Gasteiger partial charge in [0.15, 0.2) is 0 Å². The van der Waals surface area contributed by atoms with Crippen LogP contribution in [0.5, 0.6) is 0 Å². The van der Waals surface area contributed by atoms with Crippen LogP contribution >= 0.6 is 0 Å². The maximum Gasteiger partial charge on any atom is 0.255 e. The molecule has 1 amide bonds. The quantitative estimate of drug-likeness (QED) is 0.939. The van der Waals surface area contributed by atoms with Crippen LogP contribution in [-0.2, 0) is 0 Å². The zero-order valence-corrected chi connectivity index (χ0v) is 14.3. The van der Waals surface area contributed by atoms with Crippen molar-refractivity contribution in [3.63, 3.8) is 0 Å². The van der Waals surface area contributed by atoms with E-state index < -0.39 is 0 Å². The van der Waals surface area contributed by atoms with Crippen LogP contribution in [0.1, 0.15) is 28.9 Å². The van der Waals surface area contributed by atoms with Crippen LogP contribution in [0.2, 0.25) is 0 Å². The second-order valence-electron chi connectivity index (χ2n) is 6.33. The van der Waals surface area contributed by atoms with Gasteiger partial charge in [0.1, 0.15) is 0 Å². The van der Waals surface area contributed by atoms with Gasteiger partial charge in [0, 0.05) is 44.6 Å². The highest BCUT2D eigenvalue weighted by atomic mass is 16.2. The average Bonchev–Trinajstić information content (AvgIpc) is 2.63. The number of carbonyl (C=O) groups is 1. The van der Waals surface area contributed by atoms with Crippen LogP contribution in [0.25, 0.3) is 0 Å². The summed E-state index contributed by atoms with van der Waals surface area (Å²) in [6.45, 7) is 5.48. The molecular weight excluding hydrogens is 300 g/mol. The third kappa shape index (κ3) is 3.92. The Morgan fingerprint density at radius 2 is 1.83 bits per heavy atom. The van der Waals surface area contributed by atoms with E-state index in [-0.39, 0.29) is 11.9 Å². The standard InChI is InChI=1S/C19H24N4O/c1-15(16-6-4-3-5-7-16)21-18-12-17(13-20-14-18)19(24)23-10-8-22(2)9-11-23/h3-7,12-15,21H,8-11H2,1-2H3. The molecule has 0 aliphatic carbocycles. The maximum absolute atomic E-state index is 12.7. The molecule has 5 nitrogen and oxygen atoms in total. The molecule has 2 aromatic rings. The second-order valence-corrected chi connectivity index (χ2v) is 6.33. The summed E-state index contributed by atoms with van der Waals surface area (Å²) in [7, 11) is 2.08. The van der Waals surface area contributed by atoms with E-state index in [1.54, 1.807) is 12.4 Å². The molecule has 126 valence electrons. The Kier molecular flexibility index (Phi) is 5.11. The second kappa shape index (κ2) is 7.45. The molecule has 1 aromatic heterocycles. The summed E-state index contributed by atoms with van der Waals surface area (Å²) in [6.07, 6.45) is 3.42. The molecule has 0 spiro atoms. The molecule has 1 atom stereocenters. The minimum atomic E-state index is 0.0617. The van der Waals surface area contributed by atoms with Crippen LogP contribution < -0.4 is 5.32 Å². The van der Waals surface area contributed by atoms with Crippen LogP contribution in [0.3, 0.4) is 0 Å². The van der Waals surface area contributed by atoms with Crippen molar-refractivity contribution in [3.8, 4) is 0 Å².